The molecule has 3 fully saturated rings. The molecule has 29 heavy (non-hydrogen) atoms. The molecule has 1 aliphatic heterocycles. The van der Waals surface area contributed by atoms with Crippen LogP contribution in [0.4, 0.5) is 0 Å². The van der Waals surface area contributed by atoms with Crippen LogP contribution in [0, 0.1) is 46.8 Å². The zero-order valence-corrected chi connectivity index (χ0v) is 16.9. The standard InChI is InChI=1S/C21H32O6.2CH4/c1-10-12-8-14(11(2)22)15(9-12)16(10)17-13(18(23)27-19(17)24)6-7-21(3,4)20(25)26-5;;/h10-17,22H,6-9H2,1-5H3;2*1H4. The van der Waals surface area contributed by atoms with Crippen molar-refractivity contribution in [3.63, 3.8) is 0 Å². The highest BCUT2D eigenvalue weighted by Crippen LogP contribution is 2.60. The molecular weight excluding hydrogens is 372 g/mol. The Morgan fingerprint density at radius 2 is 1.86 bits per heavy atom. The molecule has 2 bridgehead atoms. The van der Waals surface area contributed by atoms with Gasteiger partial charge in [-0.15, -0.1) is 0 Å². The number of esters is 3. The molecule has 0 aromatic carbocycles. The van der Waals surface area contributed by atoms with Crippen LogP contribution in [0.5, 0.6) is 0 Å². The Bertz CT molecular complexity index is 625. The second-order valence-corrected chi connectivity index (χ2v) is 9.52. The molecule has 0 aromatic heterocycles. The van der Waals surface area contributed by atoms with E-state index in [2.05, 4.69) is 6.92 Å². The Morgan fingerprint density at radius 3 is 2.38 bits per heavy atom. The second kappa shape index (κ2) is 9.15. The van der Waals surface area contributed by atoms with Crippen molar-refractivity contribution < 1.29 is 29.0 Å². The summed E-state index contributed by atoms with van der Waals surface area (Å²) >= 11 is 0. The lowest BCUT2D eigenvalue weighted by Crippen LogP contribution is -2.40. The van der Waals surface area contributed by atoms with Gasteiger partial charge in [-0.1, -0.05) is 21.8 Å². The normalized spacial score (nSPS) is 36.8. The number of fused-ring (bicyclic) bond motifs is 2. The number of carbonyl (C=O) groups is 3. The SMILES string of the molecule is C.C.COC(=O)C(C)(C)CCC1C(=O)OC(=O)C1C1C(C)C2CC(C(C)O)C1C2. The van der Waals surface area contributed by atoms with Gasteiger partial charge in [-0.3, -0.25) is 14.4 Å². The van der Waals surface area contributed by atoms with E-state index in [4.69, 9.17) is 9.47 Å². The van der Waals surface area contributed by atoms with Gasteiger partial charge in [-0.05, 0) is 76.0 Å². The fraction of sp³-hybridized carbons (Fsp3) is 0.870. The van der Waals surface area contributed by atoms with Crippen LogP contribution >= 0.6 is 0 Å². The van der Waals surface area contributed by atoms with Crippen LogP contribution in [0.2, 0.25) is 0 Å². The number of hydrogen-bond donors (Lipinski definition) is 1. The first-order valence-electron chi connectivity index (χ1n) is 10.1. The van der Waals surface area contributed by atoms with Crippen LogP contribution in [0.25, 0.3) is 0 Å². The Labute approximate surface area is 175 Å². The molecule has 0 aromatic rings. The largest absolute Gasteiger partial charge is 0.469 e. The first-order chi connectivity index (χ1) is 12.6. The van der Waals surface area contributed by atoms with Crippen LogP contribution in [0.1, 0.15) is 68.2 Å². The quantitative estimate of drug-likeness (QED) is 0.526. The van der Waals surface area contributed by atoms with Gasteiger partial charge in [-0.25, -0.2) is 0 Å². The maximum Gasteiger partial charge on any atom is 0.317 e. The van der Waals surface area contributed by atoms with Gasteiger partial charge in [-0.2, -0.15) is 0 Å². The van der Waals surface area contributed by atoms with E-state index < -0.39 is 35.3 Å². The Balaban J connectivity index is 0.00000210. The maximum absolute atomic E-state index is 12.6. The highest BCUT2D eigenvalue weighted by molar-refractivity contribution is 5.96. The van der Waals surface area contributed by atoms with Crippen molar-refractivity contribution in [3.05, 3.63) is 0 Å². The lowest BCUT2D eigenvalue weighted by molar-refractivity contribution is -0.155. The third kappa shape index (κ3) is 4.37. The molecule has 1 heterocycles. The number of carbonyl (C=O) groups excluding carboxylic acids is 3. The van der Waals surface area contributed by atoms with Crippen LogP contribution in [0.15, 0.2) is 0 Å². The van der Waals surface area contributed by atoms with Crippen LogP contribution in [0.3, 0.4) is 0 Å². The third-order valence-electron chi connectivity index (χ3n) is 7.61. The molecule has 1 saturated heterocycles. The summed E-state index contributed by atoms with van der Waals surface area (Å²) in [6.45, 7) is 7.57. The fourth-order valence-corrected chi connectivity index (χ4v) is 6.04. The average molecular weight is 413 g/mol. The molecule has 8 atom stereocenters. The van der Waals surface area contributed by atoms with Gasteiger partial charge in [0.25, 0.3) is 0 Å². The molecule has 3 aliphatic rings. The van der Waals surface area contributed by atoms with Crippen molar-refractivity contribution in [1.82, 2.24) is 0 Å². The van der Waals surface area contributed by atoms with Crippen molar-refractivity contribution in [2.24, 2.45) is 46.8 Å². The summed E-state index contributed by atoms with van der Waals surface area (Å²) in [4.78, 5) is 37.0. The summed E-state index contributed by atoms with van der Waals surface area (Å²) in [5.41, 5.74) is -0.715. The lowest BCUT2D eigenvalue weighted by atomic mass is 9.64. The average Bonchev–Trinajstić information content (AvgIpc) is 3.23. The molecule has 6 heteroatoms. The minimum Gasteiger partial charge on any atom is -0.469 e. The summed E-state index contributed by atoms with van der Waals surface area (Å²) in [6.07, 6.45) is 2.49. The minimum atomic E-state index is -0.715. The number of hydrogen-bond acceptors (Lipinski definition) is 6. The Kier molecular flexibility index (Phi) is 8.08. The van der Waals surface area contributed by atoms with Crippen molar-refractivity contribution in [2.75, 3.05) is 7.11 Å². The van der Waals surface area contributed by atoms with E-state index in [0.29, 0.717) is 24.7 Å². The van der Waals surface area contributed by atoms with Crippen LogP contribution < -0.4 is 0 Å². The van der Waals surface area contributed by atoms with Gasteiger partial charge < -0.3 is 14.6 Å². The molecule has 168 valence electrons. The first kappa shape index (κ1) is 25.6. The number of cyclic esters (lactones) is 2. The molecule has 8 unspecified atom stereocenters. The van der Waals surface area contributed by atoms with E-state index in [1.54, 1.807) is 13.8 Å². The highest BCUT2D eigenvalue weighted by atomic mass is 16.6. The number of aliphatic hydroxyl groups is 1. The first-order valence-corrected chi connectivity index (χ1v) is 10.1. The Hall–Kier alpha value is -1.43. The van der Waals surface area contributed by atoms with Crippen LogP contribution in [-0.2, 0) is 23.9 Å². The summed E-state index contributed by atoms with van der Waals surface area (Å²) in [5, 5.41) is 10.2. The molecule has 1 N–H and O–H groups in total. The molecule has 2 aliphatic carbocycles. The van der Waals surface area contributed by atoms with Gasteiger partial charge in [0.1, 0.15) is 0 Å². The summed E-state index contributed by atoms with van der Waals surface area (Å²) in [6, 6.07) is 0. The molecule has 0 spiro atoms. The predicted octanol–water partition coefficient (Wildman–Crippen LogP) is 3.84. The molecule has 3 rings (SSSR count). The topological polar surface area (TPSA) is 89.9 Å². The van der Waals surface area contributed by atoms with Crippen molar-refractivity contribution in [1.29, 1.82) is 0 Å². The zero-order chi connectivity index (χ0) is 20.1. The molecule has 2 saturated carbocycles. The predicted molar refractivity (Wildman–Crippen MR) is 111 cm³/mol. The third-order valence-corrected chi connectivity index (χ3v) is 7.61. The van der Waals surface area contributed by atoms with E-state index >= 15 is 0 Å². The molecule has 0 radical (unpaired) electrons. The fourth-order valence-electron chi connectivity index (χ4n) is 6.04. The van der Waals surface area contributed by atoms with E-state index in [9.17, 15) is 19.5 Å². The monoisotopic (exact) mass is 412 g/mol. The summed E-state index contributed by atoms with van der Waals surface area (Å²) in [7, 11) is 1.35. The van der Waals surface area contributed by atoms with E-state index in [1.807, 2.05) is 6.92 Å². The number of aliphatic hydroxyl groups excluding tert-OH is 1. The van der Waals surface area contributed by atoms with E-state index in [-0.39, 0.29) is 38.6 Å². The molecular formula is C23H40O6. The zero-order valence-electron chi connectivity index (χ0n) is 16.9. The van der Waals surface area contributed by atoms with Gasteiger partial charge in [0.05, 0.1) is 30.5 Å². The van der Waals surface area contributed by atoms with E-state index in [0.717, 1.165) is 12.8 Å². The smallest absolute Gasteiger partial charge is 0.317 e. The van der Waals surface area contributed by atoms with Crippen molar-refractivity contribution in [2.45, 2.75) is 74.3 Å². The highest BCUT2D eigenvalue weighted by Gasteiger charge is 2.60. The van der Waals surface area contributed by atoms with Gasteiger partial charge >= 0.3 is 17.9 Å². The van der Waals surface area contributed by atoms with E-state index in [1.165, 1.54) is 7.11 Å². The summed E-state index contributed by atoms with van der Waals surface area (Å²) < 4.78 is 9.90. The van der Waals surface area contributed by atoms with Crippen molar-refractivity contribution in [3.8, 4) is 0 Å². The van der Waals surface area contributed by atoms with Gasteiger partial charge in [0, 0.05) is 0 Å². The summed E-state index contributed by atoms with van der Waals surface area (Å²) in [5.74, 6) is -0.840. The maximum atomic E-state index is 12.6. The van der Waals surface area contributed by atoms with Gasteiger partial charge in [0.2, 0.25) is 0 Å². The van der Waals surface area contributed by atoms with Gasteiger partial charge in [0.15, 0.2) is 0 Å². The molecule has 6 nitrogen and oxygen atoms in total. The lowest BCUT2D eigenvalue weighted by Gasteiger charge is -2.39. The number of methoxy groups -OCH3 is 1. The molecule has 0 amide bonds. The van der Waals surface area contributed by atoms with Crippen molar-refractivity contribution >= 4 is 17.9 Å². The van der Waals surface area contributed by atoms with Crippen LogP contribution in [-0.4, -0.2) is 36.2 Å². The number of rotatable bonds is 6. The Morgan fingerprint density at radius 1 is 1.24 bits per heavy atom. The minimum absolute atomic E-state index is 0. The number of ether oxygens (including phenoxy) is 2. The second-order valence-electron chi connectivity index (χ2n) is 9.52.